The number of rotatable bonds is 6. The van der Waals surface area contributed by atoms with Gasteiger partial charge in [0, 0.05) is 29.9 Å². The predicted octanol–water partition coefficient (Wildman–Crippen LogP) is 4.36. The molecular weight excluding hydrogens is 469 g/mol. The molecule has 2 aliphatic rings. The lowest BCUT2D eigenvalue weighted by Crippen LogP contribution is -2.40. The Kier molecular flexibility index (Phi) is 5.55. The molecule has 2 heterocycles. The second kappa shape index (κ2) is 8.46. The fourth-order valence-corrected chi connectivity index (χ4v) is 4.94. The minimum Gasteiger partial charge on any atom is -0.338 e. The summed E-state index contributed by atoms with van der Waals surface area (Å²) < 4.78 is 37.8. The summed E-state index contributed by atoms with van der Waals surface area (Å²) in [4.78, 5) is 22.7. The number of fused-ring (bicyclic) bond motifs is 1. The number of aromatic nitrogens is 2. The Labute approximate surface area is 202 Å². The fraction of sp³-hybridized carbons (Fsp3) is 0.240. The van der Waals surface area contributed by atoms with Crippen LogP contribution in [0.5, 0.6) is 0 Å². The van der Waals surface area contributed by atoms with Gasteiger partial charge in [-0.25, -0.2) is 17.8 Å². The molecule has 2 N–H and O–H groups in total. The molecule has 1 amide bonds. The normalized spacial score (nSPS) is 15.9. The van der Waals surface area contributed by atoms with Crippen molar-refractivity contribution in [2.75, 3.05) is 28.3 Å². The molecule has 1 aliphatic carbocycles. The highest BCUT2D eigenvalue weighted by Crippen LogP contribution is 2.53. The average Bonchev–Trinajstić information content (AvgIpc) is 3.58. The highest BCUT2D eigenvalue weighted by molar-refractivity contribution is 7.90. The van der Waals surface area contributed by atoms with Gasteiger partial charge in [-0.15, -0.1) is 0 Å². The van der Waals surface area contributed by atoms with Crippen molar-refractivity contribution in [2.45, 2.75) is 24.2 Å². The molecule has 0 unspecified atom stereocenters. The van der Waals surface area contributed by atoms with Crippen LogP contribution < -0.4 is 15.5 Å². The van der Waals surface area contributed by atoms with Crippen LogP contribution in [0.2, 0.25) is 0 Å². The van der Waals surface area contributed by atoms with Crippen molar-refractivity contribution in [2.24, 2.45) is 5.41 Å². The topological polar surface area (TPSA) is 104 Å². The lowest BCUT2D eigenvalue weighted by molar-refractivity contribution is -0.114. The van der Waals surface area contributed by atoms with Crippen LogP contribution in [0.25, 0.3) is 0 Å². The zero-order valence-electron chi connectivity index (χ0n) is 19.1. The van der Waals surface area contributed by atoms with Gasteiger partial charge in [0.1, 0.15) is 0 Å². The summed E-state index contributed by atoms with van der Waals surface area (Å²) in [6.45, 7) is 4.28. The van der Waals surface area contributed by atoms with Gasteiger partial charge in [0.15, 0.2) is 21.5 Å². The fourth-order valence-electron chi connectivity index (χ4n) is 4.31. The van der Waals surface area contributed by atoms with Gasteiger partial charge in [0.05, 0.1) is 11.1 Å². The number of amides is 1. The summed E-state index contributed by atoms with van der Waals surface area (Å²) in [6, 6.07) is 11.7. The first-order chi connectivity index (χ1) is 16.7. The van der Waals surface area contributed by atoms with Crippen molar-refractivity contribution < 1.29 is 17.6 Å². The van der Waals surface area contributed by atoms with Gasteiger partial charge >= 0.3 is 0 Å². The molecular formula is C25H24FN5O3S. The maximum atomic E-state index is 14.5. The minimum atomic E-state index is -3.31. The highest BCUT2D eigenvalue weighted by Gasteiger charge is 2.48. The largest absolute Gasteiger partial charge is 0.338 e. The van der Waals surface area contributed by atoms with Crippen LogP contribution in [0.3, 0.4) is 0 Å². The van der Waals surface area contributed by atoms with Gasteiger partial charge in [0.2, 0.25) is 11.9 Å². The van der Waals surface area contributed by atoms with Crippen LogP contribution in [0.4, 0.5) is 33.2 Å². The second-order valence-corrected chi connectivity index (χ2v) is 11.1. The monoisotopic (exact) mass is 493 g/mol. The average molecular weight is 494 g/mol. The van der Waals surface area contributed by atoms with Gasteiger partial charge in [0.25, 0.3) is 0 Å². The molecule has 0 radical (unpaired) electrons. The number of carbonyl (C=O) groups excluding carboxylic acids is 1. The Morgan fingerprint density at radius 2 is 1.86 bits per heavy atom. The second-order valence-electron chi connectivity index (χ2n) is 9.09. The third-order valence-electron chi connectivity index (χ3n) is 6.38. The lowest BCUT2D eigenvalue weighted by Gasteiger charge is -2.34. The van der Waals surface area contributed by atoms with Crippen molar-refractivity contribution in [1.29, 1.82) is 0 Å². The van der Waals surface area contributed by atoms with E-state index in [-0.39, 0.29) is 28.0 Å². The predicted molar refractivity (Wildman–Crippen MR) is 132 cm³/mol. The van der Waals surface area contributed by atoms with Gasteiger partial charge < -0.3 is 15.5 Å². The number of hydrogen-bond donors (Lipinski definition) is 2. The zero-order valence-corrected chi connectivity index (χ0v) is 19.9. The molecule has 10 heteroatoms. The van der Waals surface area contributed by atoms with Gasteiger partial charge in [-0.3, -0.25) is 4.79 Å². The van der Waals surface area contributed by atoms with Crippen LogP contribution in [-0.4, -0.2) is 37.1 Å². The summed E-state index contributed by atoms with van der Waals surface area (Å²) >= 11 is 0. The zero-order chi connectivity index (χ0) is 24.8. The SMILES string of the molecule is C=CC(=O)N1CC2(CC2)Cc2ccc(Nc3nc(Nc4ccc(S(C)(=O)=O)cc4)ncc3F)cc21. The molecule has 1 fully saturated rings. The van der Waals surface area contributed by atoms with Crippen LogP contribution >= 0.6 is 0 Å². The van der Waals surface area contributed by atoms with E-state index in [1.807, 2.05) is 18.2 Å². The van der Waals surface area contributed by atoms with E-state index >= 15 is 0 Å². The Balaban J connectivity index is 1.38. The van der Waals surface area contributed by atoms with Crippen LogP contribution in [0, 0.1) is 11.2 Å². The van der Waals surface area contributed by atoms with E-state index < -0.39 is 15.7 Å². The van der Waals surface area contributed by atoms with Gasteiger partial charge in [-0.05, 0) is 72.7 Å². The molecule has 0 atom stereocenters. The highest BCUT2D eigenvalue weighted by atomic mass is 32.2. The van der Waals surface area contributed by atoms with Crippen molar-refractivity contribution in [1.82, 2.24) is 9.97 Å². The third kappa shape index (κ3) is 4.74. The molecule has 5 rings (SSSR count). The van der Waals surface area contributed by atoms with Crippen LogP contribution in [0.15, 0.2) is 66.2 Å². The number of anilines is 5. The maximum absolute atomic E-state index is 14.5. The van der Waals surface area contributed by atoms with Crippen molar-refractivity contribution >= 4 is 44.6 Å². The van der Waals surface area contributed by atoms with E-state index in [1.165, 1.54) is 18.2 Å². The van der Waals surface area contributed by atoms with Gasteiger partial charge in [-0.2, -0.15) is 4.98 Å². The van der Waals surface area contributed by atoms with E-state index in [2.05, 4.69) is 27.2 Å². The number of carbonyl (C=O) groups is 1. The Hall–Kier alpha value is -3.79. The molecule has 0 bridgehead atoms. The van der Waals surface area contributed by atoms with E-state index in [1.54, 1.807) is 17.0 Å². The molecule has 2 aromatic carbocycles. The first-order valence-electron chi connectivity index (χ1n) is 11.1. The molecule has 1 aliphatic heterocycles. The number of sulfone groups is 1. The minimum absolute atomic E-state index is 0.0359. The molecule has 180 valence electrons. The quantitative estimate of drug-likeness (QED) is 0.492. The molecule has 1 saturated carbocycles. The standard InChI is InChI=1S/C25H24FN5O3S/c1-3-22(32)31-15-25(10-11-25)13-16-4-5-18(12-21(16)31)28-23-20(26)14-27-24(30-23)29-17-6-8-19(9-7-17)35(2,33)34/h3-9,12,14H,1,10-11,13,15H2,2H3,(H2,27,28,29,30). The number of nitrogens with zero attached hydrogens (tertiary/aromatic N) is 3. The molecule has 3 aromatic rings. The first kappa shape index (κ1) is 23.0. The van der Waals surface area contributed by atoms with Crippen LogP contribution in [0.1, 0.15) is 18.4 Å². The van der Waals surface area contributed by atoms with Crippen molar-refractivity contribution in [3.63, 3.8) is 0 Å². The van der Waals surface area contributed by atoms with E-state index in [0.29, 0.717) is 17.9 Å². The Morgan fingerprint density at radius 1 is 1.14 bits per heavy atom. The molecule has 35 heavy (non-hydrogen) atoms. The molecule has 1 aromatic heterocycles. The number of halogens is 1. The molecule has 1 spiro atoms. The van der Waals surface area contributed by atoms with E-state index in [4.69, 9.17) is 0 Å². The first-order valence-corrected chi connectivity index (χ1v) is 13.0. The van der Waals surface area contributed by atoms with Crippen molar-refractivity contribution in [3.05, 3.63) is 72.7 Å². The number of nitrogens with one attached hydrogen (secondary N) is 2. The Morgan fingerprint density at radius 3 is 2.51 bits per heavy atom. The molecule has 0 saturated heterocycles. The maximum Gasteiger partial charge on any atom is 0.250 e. The van der Waals surface area contributed by atoms with Crippen LogP contribution in [-0.2, 0) is 21.1 Å². The summed E-state index contributed by atoms with van der Waals surface area (Å²) in [7, 11) is -3.31. The van der Waals surface area contributed by atoms with Crippen molar-refractivity contribution in [3.8, 4) is 0 Å². The number of hydrogen-bond acceptors (Lipinski definition) is 7. The lowest BCUT2D eigenvalue weighted by atomic mass is 9.89. The molecule has 8 nitrogen and oxygen atoms in total. The van der Waals surface area contributed by atoms with E-state index in [0.717, 1.165) is 43.0 Å². The summed E-state index contributed by atoms with van der Waals surface area (Å²) in [5.74, 6) is -0.697. The number of benzene rings is 2. The summed E-state index contributed by atoms with van der Waals surface area (Å²) in [5.41, 5.74) is 3.17. The smallest absolute Gasteiger partial charge is 0.250 e. The van der Waals surface area contributed by atoms with Gasteiger partial charge in [-0.1, -0.05) is 12.6 Å². The summed E-state index contributed by atoms with van der Waals surface area (Å²) in [5, 5.41) is 5.93. The van der Waals surface area contributed by atoms with E-state index in [9.17, 15) is 17.6 Å². The Bertz CT molecular complexity index is 1440. The summed E-state index contributed by atoms with van der Waals surface area (Å²) in [6.07, 6.45) is 6.62. The third-order valence-corrected chi connectivity index (χ3v) is 7.51.